The molecule has 2 heterocycles. The van der Waals surface area contributed by atoms with Gasteiger partial charge in [0, 0.05) is 43.1 Å². The fraction of sp³-hybridized carbons (Fsp3) is 0.212. The number of nitrogens with zero attached hydrogens (tertiary/aromatic N) is 3. The van der Waals surface area contributed by atoms with Gasteiger partial charge < -0.3 is 26.6 Å². The fourth-order valence-electron chi connectivity index (χ4n) is 5.23. The minimum atomic E-state index is -4.75. The first kappa shape index (κ1) is 31.9. The van der Waals surface area contributed by atoms with Gasteiger partial charge in [-0.05, 0) is 60.4 Å². The molecule has 238 valence electrons. The van der Waals surface area contributed by atoms with Crippen molar-refractivity contribution in [1.82, 2.24) is 14.9 Å². The number of para-hydroxylation sites is 1. The van der Waals surface area contributed by atoms with Crippen LogP contribution in [-0.4, -0.2) is 39.8 Å². The van der Waals surface area contributed by atoms with E-state index >= 15 is 0 Å². The molecule has 13 heteroatoms. The number of aromatic nitrogens is 2. The van der Waals surface area contributed by atoms with E-state index in [0.717, 1.165) is 29.7 Å². The average molecular weight is 634 g/mol. The van der Waals surface area contributed by atoms with Crippen LogP contribution in [0.4, 0.5) is 46.4 Å². The van der Waals surface area contributed by atoms with Crippen LogP contribution in [0.25, 0.3) is 0 Å². The van der Waals surface area contributed by atoms with Gasteiger partial charge in [0.15, 0.2) is 5.83 Å². The third-order valence-electron chi connectivity index (χ3n) is 7.55. The predicted octanol–water partition coefficient (Wildman–Crippen LogP) is 6.88. The van der Waals surface area contributed by atoms with Crippen LogP contribution in [0, 0.1) is 0 Å². The molecule has 1 aromatic heterocycles. The number of carbonyl (C=O) groups excluding carboxylic acids is 2. The monoisotopic (exact) mass is 633 g/mol. The molecule has 1 atom stereocenters. The lowest BCUT2D eigenvalue weighted by Gasteiger charge is -2.32. The van der Waals surface area contributed by atoms with E-state index in [1.54, 1.807) is 24.3 Å². The number of hydrogen-bond donors (Lipinski definition) is 4. The Morgan fingerprint density at radius 3 is 2.48 bits per heavy atom. The van der Waals surface area contributed by atoms with E-state index in [9.17, 15) is 27.2 Å². The summed E-state index contributed by atoms with van der Waals surface area (Å²) in [7, 11) is 0. The molecular weight excluding hydrogens is 602 g/mol. The molecule has 46 heavy (non-hydrogen) atoms. The summed E-state index contributed by atoms with van der Waals surface area (Å²) in [4.78, 5) is 33.2. The molecule has 3 aromatic carbocycles. The number of anilines is 5. The predicted molar refractivity (Wildman–Crippen MR) is 168 cm³/mol. The molecule has 5 rings (SSSR count). The van der Waals surface area contributed by atoms with E-state index < -0.39 is 35.2 Å². The first-order chi connectivity index (χ1) is 22.0. The van der Waals surface area contributed by atoms with Gasteiger partial charge in [-0.25, -0.2) is 9.37 Å². The number of benzene rings is 3. The lowest BCUT2D eigenvalue weighted by atomic mass is 9.90. The third-order valence-corrected chi connectivity index (χ3v) is 7.55. The summed E-state index contributed by atoms with van der Waals surface area (Å²) in [6.45, 7) is 4.56. The number of halogens is 4. The Kier molecular flexibility index (Phi) is 9.50. The highest BCUT2D eigenvalue weighted by atomic mass is 19.4. The zero-order chi connectivity index (χ0) is 32.8. The molecule has 4 aromatic rings. The summed E-state index contributed by atoms with van der Waals surface area (Å²) in [6.07, 6.45) is -2.42. The number of hydrogen-bond acceptors (Lipinski definition) is 7. The molecule has 2 amide bonds. The molecule has 1 aliphatic heterocycles. The maximum Gasteiger partial charge on any atom is 0.421 e. The van der Waals surface area contributed by atoms with Crippen LogP contribution in [-0.2, 0) is 17.5 Å². The van der Waals surface area contributed by atoms with Gasteiger partial charge in [-0.15, -0.1) is 0 Å². The van der Waals surface area contributed by atoms with Gasteiger partial charge in [-0.3, -0.25) is 9.59 Å². The molecule has 5 N–H and O–H groups in total. The van der Waals surface area contributed by atoms with Gasteiger partial charge in [0.1, 0.15) is 11.4 Å². The van der Waals surface area contributed by atoms with Crippen LogP contribution in [0.5, 0.6) is 0 Å². The number of nitrogens with two attached hydrogens (primary N) is 1. The first-order valence-electron chi connectivity index (χ1n) is 14.4. The van der Waals surface area contributed by atoms with Gasteiger partial charge in [-0.1, -0.05) is 43.0 Å². The number of carbonyl (C=O) groups is 2. The number of piperidine rings is 1. The quantitative estimate of drug-likeness (QED) is 0.111. The summed E-state index contributed by atoms with van der Waals surface area (Å²) in [6, 6.07) is 21.0. The van der Waals surface area contributed by atoms with Crippen molar-refractivity contribution < 1.29 is 27.2 Å². The van der Waals surface area contributed by atoms with Crippen LogP contribution in [0.3, 0.4) is 0 Å². The van der Waals surface area contributed by atoms with Gasteiger partial charge in [0.2, 0.25) is 5.95 Å². The van der Waals surface area contributed by atoms with E-state index in [-0.39, 0.29) is 23.1 Å². The first-order valence-corrected chi connectivity index (χ1v) is 14.4. The average Bonchev–Trinajstić information content (AvgIpc) is 3.04. The number of amides is 2. The van der Waals surface area contributed by atoms with Crippen molar-refractivity contribution in [1.29, 1.82) is 0 Å². The van der Waals surface area contributed by atoms with Gasteiger partial charge in [0.05, 0.1) is 11.3 Å². The Balaban J connectivity index is 1.24. The second kappa shape index (κ2) is 13.7. The van der Waals surface area contributed by atoms with Crippen molar-refractivity contribution >= 4 is 40.6 Å². The SMILES string of the molecule is C=C(F)C(=O)N1CCCC(c2cccc(NCc3ccc(Nc4ncc(C(F)(F)F)c(Nc5ccccc5C(N)=O)n4)cc3)c2)C1. The highest BCUT2D eigenvalue weighted by Crippen LogP contribution is 2.36. The number of alkyl halides is 3. The van der Waals surface area contributed by atoms with Crippen molar-refractivity contribution in [3.05, 3.63) is 114 Å². The maximum atomic E-state index is 13.7. The van der Waals surface area contributed by atoms with Crippen molar-refractivity contribution in [2.24, 2.45) is 5.73 Å². The lowest BCUT2D eigenvalue weighted by Crippen LogP contribution is -2.39. The Morgan fingerprint density at radius 1 is 1.00 bits per heavy atom. The molecule has 0 saturated carbocycles. The minimum Gasteiger partial charge on any atom is -0.381 e. The zero-order valence-corrected chi connectivity index (χ0v) is 24.6. The van der Waals surface area contributed by atoms with Crippen LogP contribution in [0.15, 0.2) is 91.4 Å². The highest BCUT2D eigenvalue weighted by molar-refractivity contribution is 5.99. The molecule has 0 aliphatic carbocycles. The smallest absolute Gasteiger partial charge is 0.381 e. The lowest BCUT2D eigenvalue weighted by molar-refractivity contribution is -0.137. The Hall–Kier alpha value is -5.46. The summed E-state index contributed by atoms with van der Waals surface area (Å²) >= 11 is 0. The van der Waals surface area contributed by atoms with E-state index in [0.29, 0.717) is 31.5 Å². The minimum absolute atomic E-state index is 0.0111. The van der Waals surface area contributed by atoms with E-state index in [1.807, 2.05) is 36.4 Å². The van der Waals surface area contributed by atoms with Crippen molar-refractivity contribution in [2.45, 2.75) is 31.5 Å². The summed E-state index contributed by atoms with van der Waals surface area (Å²) in [5.41, 5.74) is 7.77. The largest absolute Gasteiger partial charge is 0.421 e. The molecule has 1 unspecified atom stereocenters. The molecule has 1 saturated heterocycles. The van der Waals surface area contributed by atoms with Crippen LogP contribution >= 0.6 is 0 Å². The molecule has 1 fully saturated rings. The number of likely N-dealkylation sites (tertiary alicyclic amines) is 1. The van der Waals surface area contributed by atoms with E-state index in [4.69, 9.17) is 5.73 Å². The van der Waals surface area contributed by atoms with Gasteiger partial charge in [-0.2, -0.15) is 18.2 Å². The molecule has 0 radical (unpaired) electrons. The highest BCUT2D eigenvalue weighted by Gasteiger charge is 2.35. The Bertz CT molecular complexity index is 1740. The molecule has 0 bridgehead atoms. The molecule has 0 spiro atoms. The fourth-order valence-corrected chi connectivity index (χ4v) is 5.23. The van der Waals surface area contributed by atoms with E-state index in [2.05, 4.69) is 32.5 Å². The van der Waals surface area contributed by atoms with Crippen LogP contribution < -0.4 is 21.7 Å². The number of primary amides is 1. The standard InChI is InChI=1S/C33H31F4N7O2/c1-20(34)31(46)44-15-5-7-23(19-44)22-6-4-8-25(16-22)39-17-21-11-13-24(14-12-21)41-32-40-18-27(33(35,36)37)30(43-32)42-28-10-3-2-9-26(28)29(38)45/h2-4,6,8-14,16,18,23,39H,1,5,7,15,17,19H2,(H2,38,45)(H2,40,41,42,43). The normalized spacial score (nSPS) is 14.8. The Labute approximate surface area is 262 Å². The number of rotatable bonds is 10. The summed E-state index contributed by atoms with van der Waals surface area (Å²) < 4.78 is 54.6. The maximum absolute atomic E-state index is 13.7. The van der Waals surface area contributed by atoms with Gasteiger partial charge in [0.25, 0.3) is 11.8 Å². The van der Waals surface area contributed by atoms with Crippen LogP contribution in [0.1, 0.15) is 45.8 Å². The second-order valence-electron chi connectivity index (χ2n) is 10.8. The topological polar surface area (TPSA) is 125 Å². The summed E-state index contributed by atoms with van der Waals surface area (Å²) in [5.74, 6) is -2.96. The summed E-state index contributed by atoms with van der Waals surface area (Å²) in [5, 5.41) is 8.87. The molecule has 9 nitrogen and oxygen atoms in total. The van der Waals surface area contributed by atoms with E-state index in [1.165, 1.54) is 17.0 Å². The third kappa shape index (κ3) is 7.78. The van der Waals surface area contributed by atoms with Gasteiger partial charge >= 0.3 is 6.18 Å². The second-order valence-corrected chi connectivity index (χ2v) is 10.8. The number of nitrogens with one attached hydrogen (secondary N) is 3. The van der Waals surface area contributed by atoms with Crippen LogP contribution in [0.2, 0.25) is 0 Å². The molecular formula is C33H31F4N7O2. The molecule has 1 aliphatic rings. The Morgan fingerprint density at radius 2 is 1.76 bits per heavy atom. The van der Waals surface area contributed by atoms with Crippen molar-refractivity contribution in [3.8, 4) is 0 Å². The zero-order valence-electron chi connectivity index (χ0n) is 24.6. The van der Waals surface area contributed by atoms with Crippen molar-refractivity contribution in [2.75, 3.05) is 29.0 Å². The van der Waals surface area contributed by atoms with Crippen molar-refractivity contribution in [3.63, 3.8) is 0 Å².